The van der Waals surface area contributed by atoms with Crippen LogP contribution in [0.4, 0.5) is 0 Å². The number of nitrogens with zero attached hydrogens (tertiary/aromatic N) is 2. The van der Waals surface area contributed by atoms with Gasteiger partial charge in [0.15, 0.2) is 0 Å². The molecular formula is C11H15ClN2O2. The predicted molar refractivity (Wildman–Crippen MR) is 64.6 cm³/mol. The number of pyridine rings is 1. The van der Waals surface area contributed by atoms with Gasteiger partial charge in [-0.1, -0.05) is 30.6 Å². The molecule has 0 aliphatic carbocycles. The van der Waals surface area contributed by atoms with Crippen molar-refractivity contribution in [2.24, 2.45) is 11.1 Å². The number of hydrogen-bond acceptors (Lipinski definition) is 3. The maximum atomic E-state index is 12.0. The van der Waals surface area contributed by atoms with Crippen molar-refractivity contribution >= 4 is 17.8 Å². The Morgan fingerprint density at radius 3 is 2.62 bits per heavy atom. The molecule has 16 heavy (non-hydrogen) atoms. The predicted octanol–water partition coefficient (Wildman–Crippen LogP) is 2.53. The highest BCUT2D eigenvalue weighted by Crippen LogP contribution is 2.17. The molecule has 1 N–H and O–H groups in total. The Balaban J connectivity index is 3.35. The average molecular weight is 243 g/mol. The van der Waals surface area contributed by atoms with Crippen molar-refractivity contribution < 1.29 is 5.21 Å². The van der Waals surface area contributed by atoms with Gasteiger partial charge in [0.2, 0.25) is 0 Å². The topological polar surface area (TPSA) is 54.6 Å². The zero-order valence-electron chi connectivity index (χ0n) is 9.51. The summed E-state index contributed by atoms with van der Waals surface area (Å²) >= 11 is 5.85. The molecule has 5 heteroatoms. The molecule has 0 aromatic carbocycles. The van der Waals surface area contributed by atoms with Crippen LogP contribution in [0, 0.1) is 5.92 Å². The quantitative estimate of drug-likeness (QED) is 0.503. The minimum absolute atomic E-state index is 0.0654. The van der Waals surface area contributed by atoms with E-state index >= 15 is 0 Å². The Morgan fingerprint density at radius 2 is 2.12 bits per heavy atom. The number of aromatic nitrogens is 1. The van der Waals surface area contributed by atoms with E-state index in [4.69, 9.17) is 16.8 Å². The summed E-state index contributed by atoms with van der Waals surface area (Å²) in [6.45, 7) is 6.02. The first-order valence-corrected chi connectivity index (χ1v) is 5.45. The Kier molecular flexibility index (Phi) is 4.12. The van der Waals surface area contributed by atoms with Crippen LogP contribution in [0.15, 0.2) is 22.2 Å². The van der Waals surface area contributed by atoms with Crippen LogP contribution in [0.2, 0.25) is 5.02 Å². The summed E-state index contributed by atoms with van der Waals surface area (Å²) in [4.78, 5) is 12.0. The van der Waals surface area contributed by atoms with Crippen LogP contribution in [0.5, 0.6) is 0 Å². The fourth-order valence-electron chi connectivity index (χ4n) is 1.36. The molecule has 0 saturated heterocycles. The first-order valence-electron chi connectivity index (χ1n) is 5.07. The van der Waals surface area contributed by atoms with Gasteiger partial charge >= 0.3 is 0 Å². The lowest BCUT2D eigenvalue weighted by Gasteiger charge is -2.19. The molecule has 88 valence electrons. The van der Waals surface area contributed by atoms with Gasteiger partial charge in [-0.15, -0.1) is 0 Å². The lowest BCUT2D eigenvalue weighted by Crippen LogP contribution is -2.28. The van der Waals surface area contributed by atoms with E-state index in [1.54, 1.807) is 16.8 Å². The van der Waals surface area contributed by atoms with Crippen LogP contribution < -0.4 is 5.56 Å². The van der Waals surface area contributed by atoms with E-state index in [0.717, 1.165) is 6.21 Å². The van der Waals surface area contributed by atoms with Crippen LogP contribution in [-0.4, -0.2) is 16.0 Å². The van der Waals surface area contributed by atoms with E-state index in [9.17, 15) is 4.79 Å². The molecule has 1 atom stereocenters. The van der Waals surface area contributed by atoms with E-state index < -0.39 is 0 Å². The summed E-state index contributed by atoms with van der Waals surface area (Å²) in [6.07, 6.45) is 2.72. The van der Waals surface area contributed by atoms with Gasteiger partial charge in [-0.2, -0.15) is 0 Å². The first kappa shape index (κ1) is 12.8. The Labute approximate surface area is 99.2 Å². The molecule has 0 aliphatic rings. The van der Waals surface area contributed by atoms with Crippen LogP contribution in [0.3, 0.4) is 0 Å². The third-order valence-corrected chi connectivity index (χ3v) is 3.02. The summed E-state index contributed by atoms with van der Waals surface area (Å²) in [7, 11) is 0. The maximum absolute atomic E-state index is 12.0. The summed E-state index contributed by atoms with van der Waals surface area (Å²) in [5.74, 6) is 0.331. The molecule has 0 amide bonds. The fourth-order valence-corrected chi connectivity index (χ4v) is 1.55. The van der Waals surface area contributed by atoms with Crippen molar-refractivity contribution in [3.63, 3.8) is 0 Å². The molecule has 1 aromatic heterocycles. The van der Waals surface area contributed by atoms with E-state index in [1.807, 2.05) is 20.8 Å². The molecule has 0 fully saturated rings. The van der Waals surface area contributed by atoms with Crippen LogP contribution >= 0.6 is 11.6 Å². The van der Waals surface area contributed by atoms with Crippen molar-refractivity contribution in [1.82, 2.24) is 4.57 Å². The molecule has 0 spiro atoms. The number of halogens is 1. The maximum Gasteiger partial charge on any atom is 0.261 e. The second kappa shape index (κ2) is 5.16. The van der Waals surface area contributed by atoms with Crippen molar-refractivity contribution in [2.75, 3.05) is 0 Å². The molecular weight excluding hydrogens is 228 g/mol. The van der Waals surface area contributed by atoms with Crippen LogP contribution in [-0.2, 0) is 0 Å². The molecule has 0 saturated carbocycles. The third kappa shape index (κ3) is 2.44. The van der Waals surface area contributed by atoms with Gasteiger partial charge in [-0.3, -0.25) is 4.79 Å². The monoisotopic (exact) mass is 242 g/mol. The number of rotatable bonds is 3. The molecule has 1 rings (SSSR count). The molecule has 0 unspecified atom stereocenters. The van der Waals surface area contributed by atoms with Crippen molar-refractivity contribution in [1.29, 1.82) is 0 Å². The summed E-state index contributed by atoms with van der Waals surface area (Å²) < 4.78 is 1.59. The number of oxime groups is 1. The molecule has 1 aromatic rings. The van der Waals surface area contributed by atoms with Crippen molar-refractivity contribution in [3.05, 3.63) is 33.2 Å². The molecule has 1 heterocycles. The average Bonchev–Trinajstić information content (AvgIpc) is 2.23. The Bertz CT molecular complexity index is 452. The highest BCUT2D eigenvalue weighted by Gasteiger charge is 2.14. The summed E-state index contributed by atoms with van der Waals surface area (Å²) in [5, 5.41) is 11.6. The molecule has 0 radical (unpaired) electrons. The SMILES string of the molecule is CC(C)[C@H](C)n1ccc(Cl)c(/C=N/O)c1=O. The number of hydrogen-bond donors (Lipinski definition) is 1. The Morgan fingerprint density at radius 1 is 1.50 bits per heavy atom. The van der Waals surface area contributed by atoms with Gasteiger partial charge in [-0.05, 0) is 18.9 Å². The van der Waals surface area contributed by atoms with Gasteiger partial charge in [0, 0.05) is 12.2 Å². The summed E-state index contributed by atoms with van der Waals surface area (Å²) in [5.41, 5.74) is -0.0364. The molecule has 0 aliphatic heterocycles. The van der Waals surface area contributed by atoms with Gasteiger partial charge in [-0.25, -0.2) is 0 Å². The third-order valence-electron chi connectivity index (χ3n) is 2.69. The zero-order valence-corrected chi connectivity index (χ0v) is 10.3. The van der Waals surface area contributed by atoms with Crippen molar-refractivity contribution in [2.45, 2.75) is 26.8 Å². The normalized spacial score (nSPS) is 13.6. The highest BCUT2D eigenvalue weighted by atomic mass is 35.5. The smallest absolute Gasteiger partial charge is 0.261 e. The van der Waals surface area contributed by atoms with E-state index in [-0.39, 0.29) is 22.2 Å². The minimum atomic E-state index is -0.244. The van der Waals surface area contributed by atoms with E-state index in [1.165, 1.54) is 0 Å². The Hall–Kier alpha value is -1.29. The largest absolute Gasteiger partial charge is 0.411 e. The lowest BCUT2D eigenvalue weighted by molar-refractivity contribution is 0.321. The van der Waals surface area contributed by atoms with Crippen molar-refractivity contribution in [3.8, 4) is 0 Å². The van der Waals surface area contributed by atoms with Crippen LogP contribution in [0.25, 0.3) is 0 Å². The summed E-state index contributed by atoms with van der Waals surface area (Å²) in [6, 6.07) is 1.69. The lowest BCUT2D eigenvalue weighted by atomic mass is 10.1. The van der Waals surface area contributed by atoms with E-state index in [0.29, 0.717) is 5.92 Å². The van der Waals surface area contributed by atoms with Gasteiger partial charge in [0.1, 0.15) is 0 Å². The fraction of sp³-hybridized carbons (Fsp3) is 0.455. The van der Waals surface area contributed by atoms with Gasteiger partial charge in [0.05, 0.1) is 16.8 Å². The minimum Gasteiger partial charge on any atom is -0.411 e. The van der Waals surface area contributed by atoms with E-state index in [2.05, 4.69) is 5.16 Å². The van der Waals surface area contributed by atoms with Crippen LogP contribution in [0.1, 0.15) is 32.4 Å². The highest BCUT2D eigenvalue weighted by molar-refractivity contribution is 6.32. The molecule has 0 bridgehead atoms. The molecule has 4 nitrogen and oxygen atoms in total. The van der Waals surface area contributed by atoms with Gasteiger partial charge in [0.25, 0.3) is 5.56 Å². The second-order valence-electron chi connectivity index (χ2n) is 4.02. The zero-order chi connectivity index (χ0) is 12.3. The van der Waals surface area contributed by atoms with Gasteiger partial charge < -0.3 is 9.77 Å². The second-order valence-corrected chi connectivity index (χ2v) is 4.43. The standard InChI is InChI=1S/C11H15ClN2O2/c1-7(2)8(3)14-5-4-10(12)9(6-13-16)11(14)15/h4-8,16H,1-3H3/b13-6+/t8-/m0/s1. The first-order chi connectivity index (χ1) is 7.49.